The molecule has 3 rings (SSSR count). The lowest BCUT2D eigenvalue weighted by Gasteiger charge is -2.26. The molecule has 2 aromatic rings. The number of fused-ring (bicyclic) bond motifs is 1. The Morgan fingerprint density at radius 3 is 2.89 bits per heavy atom. The van der Waals surface area contributed by atoms with Gasteiger partial charge in [0.25, 0.3) is 0 Å². The van der Waals surface area contributed by atoms with E-state index in [0.29, 0.717) is 6.04 Å². The molecule has 2 nitrogen and oxygen atoms in total. The highest BCUT2D eigenvalue weighted by molar-refractivity contribution is 7.99. The topological polar surface area (TPSA) is 24.9 Å². The van der Waals surface area contributed by atoms with Gasteiger partial charge in [0, 0.05) is 29.9 Å². The van der Waals surface area contributed by atoms with E-state index in [9.17, 15) is 0 Å². The van der Waals surface area contributed by atoms with Gasteiger partial charge in [-0.3, -0.25) is 4.98 Å². The van der Waals surface area contributed by atoms with Crippen LogP contribution in [-0.4, -0.2) is 10.7 Å². The number of benzene rings is 1. The van der Waals surface area contributed by atoms with E-state index in [4.69, 9.17) is 0 Å². The Labute approximate surface area is 112 Å². The van der Waals surface area contributed by atoms with Crippen molar-refractivity contribution in [3.05, 3.63) is 59.9 Å². The maximum atomic E-state index is 4.04. The van der Waals surface area contributed by atoms with Gasteiger partial charge in [-0.15, -0.1) is 11.8 Å². The minimum absolute atomic E-state index is 0.482. The molecule has 1 unspecified atom stereocenters. The lowest BCUT2D eigenvalue weighted by atomic mass is 10.0. The average Bonchev–Trinajstić information content (AvgIpc) is 2.46. The molecule has 2 heterocycles. The maximum absolute atomic E-state index is 4.04. The molecule has 0 radical (unpaired) electrons. The normalized spacial score (nSPS) is 18.3. The monoisotopic (exact) mass is 256 g/mol. The number of hydrogen-bond acceptors (Lipinski definition) is 3. The Morgan fingerprint density at radius 2 is 2.00 bits per heavy atom. The SMILES string of the molecule is c1ccc2c(c1)SCCC2NCc1ccncc1. The van der Waals surface area contributed by atoms with Crippen LogP contribution in [0.5, 0.6) is 0 Å². The summed E-state index contributed by atoms with van der Waals surface area (Å²) in [6.45, 7) is 0.909. The second-order valence-electron chi connectivity index (χ2n) is 4.46. The molecule has 1 aliphatic heterocycles. The van der Waals surface area contributed by atoms with Crippen LogP contribution in [0.4, 0.5) is 0 Å². The van der Waals surface area contributed by atoms with Crippen LogP contribution in [-0.2, 0) is 6.54 Å². The summed E-state index contributed by atoms with van der Waals surface area (Å²) in [6.07, 6.45) is 4.90. The molecule has 92 valence electrons. The first-order valence-corrected chi connectivity index (χ1v) is 7.26. The molecule has 0 spiro atoms. The molecule has 1 aliphatic rings. The zero-order chi connectivity index (χ0) is 12.2. The number of rotatable bonds is 3. The van der Waals surface area contributed by atoms with E-state index in [0.717, 1.165) is 6.54 Å². The van der Waals surface area contributed by atoms with Crippen molar-refractivity contribution in [2.24, 2.45) is 0 Å². The molecular formula is C15H16N2S. The fourth-order valence-corrected chi connectivity index (χ4v) is 3.42. The molecule has 18 heavy (non-hydrogen) atoms. The number of thioether (sulfide) groups is 1. The first-order valence-electron chi connectivity index (χ1n) is 6.27. The first kappa shape index (κ1) is 11.8. The van der Waals surface area contributed by atoms with Crippen molar-refractivity contribution >= 4 is 11.8 Å². The molecule has 0 bridgehead atoms. The van der Waals surface area contributed by atoms with Crippen LogP contribution in [0, 0.1) is 0 Å². The van der Waals surface area contributed by atoms with Crippen molar-refractivity contribution in [1.82, 2.24) is 10.3 Å². The van der Waals surface area contributed by atoms with Crippen molar-refractivity contribution in [2.75, 3.05) is 5.75 Å². The summed E-state index contributed by atoms with van der Waals surface area (Å²) in [5, 5.41) is 3.65. The van der Waals surface area contributed by atoms with Crippen LogP contribution in [0.15, 0.2) is 53.7 Å². The summed E-state index contributed by atoms with van der Waals surface area (Å²) in [4.78, 5) is 5.47. The third-order valence-electron chi connectivity index (χ3n) is 3.26. The predicted molar refractivity (Wildman–Crippen MR) is 75.6 cm³/mol. The van der Waals surface area contributed by atoms with Gasteiger partial charge in [0.05, 0.1) is 0 Å². The van der Waals surface area contributed by atoms with Gasteiger partial charge >= 0.3 is 0 Å². The van der Waals surface area contributed by atoms with E-state index < -0.39 is 0 Å². The lowest BCUT2D eigenvalue weighted by molar-refractivity contribution is 0.510. The Kier molecular flexibility index (Phi) is 3.62. The molecule has 1 aromatic heterocycles. The molecule has 0 amide bonds. The van der Waals surface area contributed by atoms with E-state index in [1.54, 1.807) is 0 Å². The van der Waals surface area contributed by atoms with Crippen molar-refractivity contribution < 1.29 is 0 Å². The Balaban J connectivity index is 1.71. The van der Waals surface area contributed by atoms with Gasteiger partial charge < -0.3 is 5.32 Å². The number of nitrogens with zero attached hydrogens (tertiary/aromatic N) is 1. The summed E-state index contributed by atoms with van der Waals surface area (Å²) in [7, 11) is 0. The standard InChI is InChI=1S/C15H16N2S/c1-2-4-15-13(3-1)14(7-10-18-15)17-11-12-5-8-16-9-6-12/h1-6,8-9,14,17H,7,10-11H2. The summed E-state index contributed by atoms with van der Waals surface area (Å²) in [5.74, 6) is 1.20. The Morgan fingerprint density at radius 1 is 1.17 bits per heavy atom. The van der Waals surface area contributed by atoms with Gasteiger partial charge in [0.2, 0.25) is 0 Å². The predicted octanol–water partition coefficient (Wildman–Crippen LogP) is 3.41. The fraction of sp³-hybridized carbons (Fsp3) is 0.267. The molecule has 0 saturated carbocycles. The molecule has 0 saturated heterocycles. The van der Waals surface area contributed by atoms with Gasteiger partial charge in [0.1, 0.15) is 0 Å². The van der Waals surface area contributed by atoms with Gasteiger partial charge in [-0.1, -0.05) is 18.2 Å². The van der Waals surface area contributed by atoms with Crippen LogP contribution in [0.3, 0.4) is 0 Å². The fourth-order valence-electron chi connectivity index (χ4n) is 2.30. The van der Waals surface area contributed by atoms with Crippen molar-refractivity contribution in [1.29, 1.82) is 0 Å². The second kappa shape index (κ2) is 5.55. The summed E-state index contributed by atoms with van der Waals surface area (Å²) in [5.41, 5.74) is 2.74. The Hall–Kier alpha value is -1.32. The van der Waals surface area contributed by atoms with Crippen LogP contribution < -0.4 is 5.32 Å². The molecule has 1 atom stereocenters. The van der Waals surface area contributed by atoms with E-state index in [-0.39, 0.29) is 0 Å². The van der Waals surface area contributed by atoms with E-state index >= 15 is 0 Å². The van der Waals surface area contributed by atoms with E-state index in [1.165, 1.54) is 28.2 Å². The van der Waals surface area contributed by atoms with Gasteiger partial charge in [0.15, 0.2) is 0 Å². The third-order valence-corrected chi connectivity index (χ3v) is 4.38. The molecular weight excluding hydrogens is 240 g/mol. The number of hydrogen-bond donors (Lipinski definition) is 1. The summed E-state index contributed by atoms with van der Waals surface area (Å²) < 4.78 is 0. The Bertz CT molecular complexity index is 513. The highest BCUT2D eigenvalue weighted by Crippen LogP contribution is 2.35. The molecule has 0 aliphatic carbocycles. The third kappa shape index (κ3) is 2.57. The van der Waals surface area contributed by atoms with Gasteiger partial charge in [-0.05, 0) is 41.5 Å². The van der Waals surface area contributed by atoms with Crippen LogP contribution in [0.25, 0.3) is 0 Å². The smallest absolute Gasteiger partial charge is 0.0342 e. The van der Waals surface area contributed by atoms with Crippen molar-refractivity contribution in [3.8, 4) is 0 Å². The minimum Gasteiger partial charge on any atom is -0.306 e. The molecule has 1 N–H and O–H groups in total. The number of pyridine rings is 1. The summed E-state index contributed by atoms with van der Waals surface area (Å²) in [6, 6.07) is 13.3. The molecule has 3 heteroatoms. The number of nitrogens with one attached hydrogen (secondary N) is 1. The highest BCUT2D eigenvalue weighted by Gasteiger charge is 2.19. The highest BCUT2D eigenvalue weighted by atomic mass is 32.2. The van der Waals surface area contributed by atoms with Gasteiger partial charge in [-0.2, -0.15) is 0 Å². The van der Waals surface area contributed by atoms with E-state index in [2.05, 4.69) is 46.7 Å². The zero-order valence-corrected chi connectivity index (χ0v) is 11.0. The zero-order valence-electron chi connectivity index (χ0n) is 10.2. The summed E-state index contributed by atoms with van der Waals surface area (Å²) >= 11 is 1.96. The second-order valence-corrected chi connectivity index (χ2v) is 5.60. The molecule has 0 fully saturated rings. The maximum Gasteiger partial charge on any atom is 0.0342 e. The molecule has 1 aromatic carbocycles. The lowest BCUT2D eigenvalue weighted by Crippen LogP contribution is -2.24. The average molecular weight is 256 g/mol. The largest absolute Gasteiger partial charge is 0.306 e. The van der Waals surface area contributed by atoms with Crippen LogP contribution in [0.2, 0.25) is 0 Å². The number of aromatic nitrogens is 1. The van der Waals surface area contributed by atoms with Crippen LogP contribution in [0.1, 0.15) is 23.6 Å². The van der Waals surface area contributed by atoms with Crippen LogP contribution >= 0.6 is 11.8 Å². The first-order chi connectivity index (χ1) is 8.93. The van der Waals surface area contributed by atoms with E-state index in [1.807, 2.05) is 24.2 Å². The minimum atomic E-state index is 0.482. The quantitative estimate of drug-likeness (QED) is 0.911. The van der Waals surface area contributed by atoms with Gasteiger partial charge in [-0.25, -0.2) is 0 Å². The van der Waals surface area contributed by atoms with Crippen molar-refractivity contribution in [3.63, 3.8) is 0 Å². The van der Waals surface area contributed by atoms with Crippen molar-refractivity contribution in [2.45, 2.75) is 23.9 Å².